The monoisotopic (exact) mass is 435 g/mol. The zero-order valence-corrected chi connectivity index (χ0v) is 19.8. The van der Waals surface area contributed by atoms with Crippen molar-refractivity contribution in [3.63, 3.8) is 0 Å². The van der Waals surface area contributed by atoms with Gasteiger partial charge in [0.2, 0.25) is 17.5 Å². The smallest absolute Gasteiger partial charge is 0.311 e. The van der Waals surface area contributed by atoms with Gasteiger partial charge in [0.05, 0.1) is 0 Å². The van der Waals surface area contributed by atoms with Crippen LogP contribution in [-0.4, -0.2) is 37.2 Å². The van der Waals surface area contributed by atoms with E-state index in [9.17, 15) is 22.8 Å². The number of ether oxygens (including phenoxy) is 1. The first-order chi connectivity index (χ1) is 13.1. The van der Waals surface area contributed by atoms with Gasteiger partial charge in [0.15, 0.2) is 20.0 Å². The highest BCUT2D eigenvalue weighted by molar-refractivity contribution is 6.73. The number of halogens is 3. The van der Waals surface area contributed by atoms with E-state index >= 15 is 0 Å². The lowest BCUT2D eigenvalue weighted by atomic mass is 10.2. The molecule has 0 radical (unpaired) electrons. The van der Waals surface area contributed by atoms with E-state index in [4.69, 9.17) is 4.12 Å². The number of hydrogen-bond acceptors (Lipinski definition) is 4. The first-order valence-corrected chi connectivity index (χ1v) is 13.2. The van der Waals surface area contributed by atoms with Gasteiger partial charge in [0.25, 0.3) is 0 Å². The number of amides is 1. The Labute approximate surface area is 167 Å². The van der Waals surface area contributed by atoms with E-state index in [-0.39, 0.29) is 24.3 Å². The summed E-state index contributed by atoms with van der Waals surface area (Å²) in [7, 11) is -0.830. The third-order valence-electron chi connectivity index (χ3n) is 4.38. The second-order valence-electron chi connectivity index (χ2n) is 7.23. The Balaban J connectivity index is 2.28. The highest BCUT2D eigenvalue weighted by atomic mass is 28.4. The van der Waals surface area contributed by atoms with Crippen LogP contribution in [0.1, 0.15) is 37.7 Å². The minimum absolute atomic E-state index is 0.113. The summed E-state index contributed by atoms with van der Waals surface area (Å²) in [5.74, 6) is -5.93. The van der Waals surface area contributed by atoms with Gasteiger partial charge in [0, 0.05) is 19.4 Å². The number of unbranched alkanes of at least 4 members (excludes halogenated alkanes) is 1. The molecule has 0 aliphatic heterocycles. The second kappa shape index (κ2) is 11.4. The Morgan fingerprint density at radius 3 is 2.39 bits per heavy atom. The van der Waals surface area contributed by atoms with Crippen molar-refractivity contribution in [1.82, 2.24) is 5.32 Å². The lowest BCUT2D eigenvalue weighted by Gasteiger charge is -2.20. The number of esters is 1. The molecule has 1 rings (SSSR count). The largest absolute Gasteiger partial charge is 0.463 e. The second-order valence-corrected chi connectivity index (χ2v) is 12.9. The van der Waals surface area contributed by atoms with Crippen molar-refractivity contribution in [3.05, 3.63) is 29.1 Å². The molecule has 1 amide bonds. The quantitative estimate of drug-likeness (QED) is 0.191. The summed E-state index contributed by atoms with van der Waals surface area (Å²) in [5, 5.41) is 2.82. The Morgan fingerprint density at radius 1 is 1.11 bits per heavy atom. The number of carbonyl (C=O) groups is 2. The summed E-state index contributed by atoms with van der Waals surface area (Å²) in [4.78, 5) is 23.5. The maximum atomic E-state index is 13.8. The summed E-state index contributed by atoms with van der Waals surface area (Å²) in [6.07, 6.45) is 1.73. The summed E-state index contributed by atoms with van der Waals surface area (Å²) < 4.78 is 50.9. The molecule has 0 saturated heterocycles. The Kier molecular flexibility index (Phi) is 9.90. The molecule has 1 aromatic carbocycles. The molecule has 158 valence electrons. The minimum Gasteiger partial charge on any atom is -0.463 e. The topological polar surface area (TPSA) is 64.6 Å². The van der Waals surface area contributed by atoms with Crippen LogP contribution < -0.4 is 10.1 Å². The molecule has 28 heavy (non-hydrogen) atoms. The van der Waals surface area contributed by atoms with Crippen LogP contribution in [0.4, 0.5) is 13.2 Å². The fourth-order valence-corrected chi connectivity index (χ4v) is 4.29. The number of rotatable bonds is 11. The van der Waals surface area contributed by atoms with Gasteiger partial charge < -0.3 is 14.2 Å². The molecule has 0 aliphatic rings. The Bertz CT molecular complexity index is 676. The predicted molar refractivity (Wildman–Crippen MR) is 106 cm³/mol. The van der Waals surface area contributed by atoms with Crippen molar-refractivity contribution in [2.24, 2.45) is 0 Å². The van der Waals surface area contributed by atoms with E-state index < -0.39 is 37.5 Å². The highest BCUT2D eigenvalue weighted by Crippen LogP contribution is 2.27. The molecule has 0 fully saturated rings. The fourth-order valence-electron chi connectivity index (χ4n) is 2.44. The van der Waals surface area contributed by atoms with E-state index in [0.717, 1.165) is 23.0 Å². The molecule has 10 heteroatoms. The standard InChI is InChI=1S/C18H28F3NO4Si2/c1-12-11-13(19)17(21)18(16(12)20)25-15(24)8-5-4-7-14(23)22-9-6-10-28(2,3)26-27/h11H,4-10H2,1-3,27H3,(H,22,23). The zero-order chi connectivity index (χ0) is 21.3. The van der Waals surface area contributed by atoms with Crippen molar-refractivity contribution in [3.8, 4) is 5.75 Å². The van der Waals surface area contributed by atoms with Crippen molar-refractivity contribution < 1.29 is 31.6 Å². The average Bonchev–Trinajstić information content (AvgIpc) is 2.64. The number of nitrogens with one attached hydrogen (secondary N) is 1. The molecule has 1 N–H and O–H groups in total. The lowest BCUT2D eigenvalue weighted by Crippen LogP contribution is -2.31. The van der Waals surface area contributed by atoms with Crippen molar-refractivity contribution in [2.45, 2.75) is 58.2 Å². The predicted octanol–water partition coefficient (Wildman–Crippen LogP) is 2.89. The molecule has 0 saturated carbocycles. The van der Waals surface area contributed by atoms with Crippen molar-refractivity contribution >= 4 is 30.7 Å². The van der Waals surface area contributed by atoms with Crippen LogP contribution in [0.2, 0.25) is 19.1 Å². The van der Waals surface area contributed by atoms with Crippen LogP contribution in [0.25, 0.3) is 0 Å². The molecule has 0 atom stereocenters. The molecule has 0 heterocycles. The van der Waals surface area contributed by atoms with Crippen LogP contribution in [-0.2, 0) is 13.7 Å². The number of carbonyl (C=O) groups excluding carboxylic acids is 2. The molecule has 1 aromatic rings. The number of benzene rings is 1. The van der Waals surface area contributed by atoms with Gasteiger partial charge in [-0.2, -0.15) is 4.39 Å². The van der Waals surface area contributed by atoms with E-state index in [1.165, 1.54) is 6.92 Å². The maximum absolute atomic E-state index is 13.8. The Hall–Kier alpha value is -1.66. The number of aryl methyl sites for hydroxylation is 1. The van der Waals surface area contributed by atoms with Crippen LogP contribution in [0.15, 0.2) is 6.07 Å². The fraction of sp³-hybridized carbons (Fsp3) is 0.556. The molecule has 5 nitrogen and oxygen atoms in total. The molecule has 0 aliphatic carbocycles. The normalized spacial score (nSPS) is 11.5. The molecular weight excluding hydrogens is 407 g/mol. The van der Waals surface area contributed by atoms with Gasteiger partial charge in [-0.05, 0) is 57.0 Å². The summed E-state index contributed by atoms with van der Waals surface area (Å²) >= 11 is 0. The molecule has 0 spiro atoms. The van der Waals surface area contributed by atoms with Gasteiger partial charge in [-0.3, -0.25) is 9.59 Å². The van der Waals surface area contributed by atoms with E-state index in [2.05, 4.69) is 23.1 Å². The molecule has 0 bridgehead atoms. The summed E-state index contributed by atoms with van der Waals surface area (Å²) in [5.41, 5.74) is -0.156. The molecule has 0 unspecified atom stereocenters. The maximum Gasteiger partial charge on any atom is 0.311 e. The Morgan fingerprint density at radius 2 is 1.75 bits per heavy atom. The zero-order valence-electron chi connectivity index (χ0n) is 16.8. The van der Waals surface area contributed by atoms with Crippen LogP contribution >= 0.6 is 0 Å². The third-order valence-corrected chi connectivity index (χ3v) is 10.4. The lowest BCUT2D eigenvalue weighted by molar-refractivity contribution is -0.135. The van der Waals surface area contributed by atoms with E-state index in [0.29, 0.717) is 25.5 Å². The third kappa shape index (κ3) is 8.15. The van der Waals surface area contributed by atoms with E-state index in [1.807, 2.05) is 0 Å². The first kappa shape index (κ1) is 24.4. The average molecular weight is 436 g/mol. The van der Waals surface area contributed by atoms with Gasteiger partial charge in [0.1, 0.15) is 10.5 Å². The summed E-state index contributed by atoms with van der Waals surface area (Å²) in [6.45, 7) is 6.11. The number of hydrogen-bond donors (Lipinski definition) is 1. The van der Waals surface area contributed by atoms with Crippen LogP contribution in [0, 0.1) is 24.4 Å². The van der Waals surface area contributed by atoms with Gasteiger partial charge in [-0.25, -0.2) is 8.78 Å². The van der Waals surface area contributed by atoms with Gasteiger partial charge >= 0.3 is 5.97 Å². The first-order valence-electron chi connectivity index (χ1n) is 9.24. The van der Waals surface area contributed by atoms with Gasteiger partial charge in [-0.1, -0.05) is 0 Å². The van der Waals surface area contributed by atoms with Crippen molar-refractivity contribution in [1.29, 1.82) is 0 Å². The molecule has 0 aromatic heterocycles. The van der Waals surface area contributed by atoms with Crippen LogP contribution in [0.5, 0.6) is 5.75 Å². The minimum atomic E-state index is -1.56. The van der Waals surface area contributed by atoms with Crippen molar-refractivity contribution in [2.75, 3.05) is 6.54 Å². The van der Waals surface area contributed by atoms with Gasteiger partial charge in [-0.15, -0.1) is 0 Å². The highest BCUT2D eigenvalue weighted by Gasteiger charge is 2.21. The summed E-state index contributed by atoms with van der Waals surface area (Å²) in [6, 6.07) is 1.68. The van der Waals surface area contributed by atoms with E-state index in [1.54, 1.807) is 0 Å². The molecular formula is C18H28F3NO4Si2. The van der Waals surface area contributed by atoms with Crippen LogP contribution in [0.3, 0.4) is 0 Å². The SMILES string of the molecule is Cc1cc(F)c(F)c(OC(=O)CCCCC(=O)NCCC[Si](C)(C)O[SiH3])c1F.